The van der Waals surface area contributed by atoms with Crippen LogP contribution in [0.4, 0.5) is 0 Å². The topological polar surface area (TPSA) is 78.1 Å². The number of rotatable bonds is 6. The van der Waals surface area contributed by atoms with Crippen LogP contribution in [0, 0.1) is 5.41 Å². The fourth-order valence-corrected chi connectivity index (χ4v) is 4.82. The number of aromatic nitrogens is 2. The Morgan fingerprint density at radius 1 is 1.12 bits per heavy atom. The first-order valence-corrected chi connectivity index (χ1v) is 11.6. The number of aromatic amines is 1. The number of benzene rings is 2. The van der Waals surface area contributed by atoms with E-state index >= 15 is 0 Å². The van der Waals surface area contributed by atoms with E-state index < -0.39 is 5.41 Å². The van der Waals surface area contributed by atoms with E-state index in [0.29, 0.717) is 25.2 Å². The molecule has 1 saturated heterocycles. The lowest BCUT2D eigenvalue weighted by atomic mass is 9.73. The summed E-state index contributed by atoms with van der Waals surface area (Å²) >= 11 is 0. The van der Waals surface area contributed by atoms with Crippen molar-refractivity contribution in [2.45, 2.75) is 39.0 Å². The van der Waals surface area contributed by atoms with E-state index in [4.69, 9.17) is 0 Å². The lowest BCUT2D eigenvalue weighted by Crippen LogP contribution is -2.54. The fourth-order valence-electron chi connectivity index (χ4n) is 4.82. The second kappa shape index (κ2) is 9.61. The van der Waals surface area contributed by atoms with E-state index in [1.165, 1.54) is 0 Å². The van der Waals surface area contributed by atoms with Crippen molar-refractivity contribution in [3.63, 3.8) is 0 Å². The van der Waals surface area contributed by atoms with Crippen molar-refractivity contribution in [2.24, 2.45) is 5.41 Å². The van der Waals surface area contributed by atoms with Crippen LogP contribution in [0.15, 0.2) is 60.7 Å². The SMILES string of the molecule is CNC(=O)[C@@]1(Cc2ccccc2-c2ccccc2)CCCN(C(=O)c2cc(C(C)C)[nH]n2)C1. The van der Waals surface area contributed by atoms with E-state index in [1.54, 1.807) is 11.9 Å². The molecule has 3 aromatic rings. The van der Waals surface area contributed by atoms with Gasteiger partial charge >= 0.3 is 0 Å². The quantitative estimate of drug-likeness (QED) is 0.591. The van der Waals surface area contributed by atoms with Gasteiger partial charge in [-0.2, -0.15) is 5.10 Å². The van der Waals surface area contributed by atoms with Crippen molar-refractivity contribution in [1.82, 2.24) is 20.4 Å². The monoisotopic (exact) mass is 444 g/mol. The molecule has 0 radical (unpaired) electrons. The molecule has 172 valence electrons. The van der Waals surface area contributed by atoms with Gasteiger partial charge in [0.2, 0.25) is 5.91 Å². The van der Waals surface area contributed by atoms with Crippen molar-refractivity contribution in [3.8, 4) is 11.1 Å². The van der Waals surface area contributed by atoms with Crippen molar-refractivity contribution < 1.29 is 9.59 Å². The number of hydrogen-bond acceptors (Lipinski definition) is 3. The molecular weight excluding hydrogens is 412 g/mol. The van der Waals surface area contributed by atoms with Gasteiger partial charge in [-0.15, -0.1) is 0 Å². The minimum Gasteiger partial charge on any atom is -0.359 e. The number of nitrogens with one attached hydrogen (secondary N) is 2. The van der Waals surface area contributed by atoms with Crippen LogP contribution < -0.4 is 5.32 Å². The molecule has 6 heteroatoms. The summed E-state index contributed by atoms with van der Waals surface area (Å²) < 4.78 is 0. The summed E-state index contributed by atoms with van der Waals surface area (Å²) in [5.41, 5.74) is 4.02. The average Bonchev–Trinajstić information content (AvgIpc) is 3.35. The molecule has 6 nitrogen and oxygen atoms in total. The molecule has 1 aliphatic rings. The highest BCUT2D eigenvalue weighted by atomic mass is 16.2. The Morgan fingerprint density at radius 2 is 1.85 bits per heavy atom. The number of nitrogens with zero attached hydrogens (tertiary/aromatic N) is 2. The molecule has 1 aliphatic heterocycles. The van der Waals surface area contributed by atoms with Gasteiger partial charge in [0.1, 0.15) is 5.69 Å². The van der Waals surface area contributed by atoms with Crippen molar-refractivity contribution in [3.05, 3.63) is 77.6 Å². The van der Waals surface area contributed by atoms with Crippen LogP contribution in [0.2, 0.25) is 0 Å². The molecule has 2 aromatic carbocycles. The summed E-state index contributed by atoms with van der Waals surface area (Å²) in [4.78, 5) is 28.4. The van der Waals surface area contributed by atoms with Gasteiger partial charge in [-0.25, -0.2) is 0 Å². The predicted molar refractivity (Wildman–Crippen MR) is 130 cm³/mol. The van der Waals surface area contributed by atoms with Gasteiger partial charge in [0.25, 0.3) is 5.91 Å². The zero-order valence-electron chi connectivity index (χ0n) is 19.6. The summed E-state index contributed by atoms with van der Waals surface area (Å²) in [6.45, 7) is 5.12. The number of likely N-dealkylation sites (tertiary alicyclic amines) is 1. The molecule has 0 saturated carbocycles. The molecule has 4 rings (SSSR count). The Kier molecular flexibility index (Phi) is 6.63. The maximum Gasteiger partial charge on any atom is 0.274 e. The lowest BCUT2D eigenvalue weighted by molar-refractivity contribution is -0.133. The van der Waals surface area contributed by atoms with Gasteiger partial charge in [-0.1, -0.05) is 68.4 Å². The van der Waals surface area contributed by atoms with Gasteiger partial charge in [0.15, 0.2) is 0 Å². The third kappa shape index (κ3) is 4.70. The Morgan fingerprint density at radius 3 is 2.55 bits per heavy atom. The minimum atomic E-state index is -0.690. The highest BCUT2D eigenvalue weighted by Gasteiger charge is 2.43. The van der Waals surface area contributed by atoms with Crippen molar-refractivity contribution in [1.29, 1.82) is 0 Å². The van der Waals surface area contributed by atoms with Crippen LogP contribution in [0.3, 0.4) is 0 Å². The summed E-state index contributed by atoms with van der Waals surface area (Å²) in [6.07, 6.45) is 2.07. The van der Waals surface area contributed by atoms with Gasteiger partial charge in [0.05, 0.1) is 5.41 Å². The van der Waals surface area contributed by atoms with Crippen LogP contribution in [0.25, 0.3) is 11.1 Å². The smallest absolute Gasteiger partial charge is 0.274 e. The van der Waals surface area contributed by atoms with Crippen LogP contribution in [0.5, 0.6) is 0 Å². The fraction of sp³-hybridized carbons (Fsp3) is 0.370. The molecule has 2 N–H and O–H groups in total. The number of carbonyl (C=O) groups is 2. The molecule has 0 spiro atoms. The zero-order valence-corrected chi connectivity index (χ0v) is 19.6. The molecule has 33 heavy (non-hydrogen) atoms. The number of piperidine rings is 1. The Balaban J connectivity index is 1.64. The first-order valence-electron chi connectivity index (χ1n) is 11.6. The molecule has 1 fully saturated rings. The second-order valence-corrected chi connectivity index (χ2v) is 9.25. The molecular formula is C27H32N4O2. The maximum absolute atomic E-state index is 13.3. The van der Waals surface area contributed by atoms with Crippen LogP contribution >= 0.6 is 0 Å². The Bertz CT molecular complexity index is 1120. The largest absolute Gasteiger partial charge is 0.359 e. The molecule has 1 aromatic heterocycles. The lowest BCUT2D eigenvalue weighted by Gasteiger charge is -2.41. The van der Waals surface area contributed by atoms with Crippen LogP contribution in [-0.2, 0) is 11.2 Å². The van der Waals surface area contributed by atoms with Gasteiger partial charge < -0.3 is 10.2 Å². The summed E-state index contributed by atoms with van der Waals surface area (Å²) in [7, 11) is 1.68. The van der Waals surface area contributed by atoms with E-state index in [2.05, 4.69) is 53.6 Å². The third-order valence-electron chi connectivity index (χ3n) is 6.64. The highest BCUT2D eigenvalue weighted by molar-refractivity contribution is 5.93. The van der Waals surface area contributed by atoms with Crippen LogP contribution in [0.1, 0.15) is 54.4 Å². The first kappa shape index (κ1) is 22.8. The van der Waals surface area contributed by atoms with Crippen LogP contribution in [-0.4, -0.2) is 47.0 Å². The number of H-pyrrole nitrogens is 1. The Hall–Kier alpha value is -3.41. The third-order valence-corrected chi connectivity index (χ3v) is 6.64. The molecule has 2 amide bonds. The Labute approximate surface area is 195 Å². The zero-order chi connectivity index (χ0) is 23.4. The normalized spacial score (nSPS) is 18.4. The minimum absolute atomic E-state index is 0.0206. The van der Waals surface area contributed by atoms with E-state index in [-0.39, 0.29) is 17.7 Å². The first-order chi connectivity index (χ1) is 15.9. The van der Waals surface area contributed by atoms with Gasteiger partial charge in [0, 0.05) is 25.8 Å². The van der Waals surface area contributed by atoms with Gasteiger partial charge in [-0.3, -0.25) is 14.7 Å². The van der Waals surface area contributed by atoms with E-state index in [9.17, 15) is 9.59 Å². The second-order valence-electron chi connectivity index (χ2n) is 9.25. The van der Waals surface area contributed by atoms with E-state index in [0.717, 1.165) is 35.2 Å². The molecule has 0 aliphatic carbocycles. The van der Waals surface area contributed by atoms with Crippen molar-refractivity contribution >= 4 is 11.8 Å². The number of hydrogen-bond donors (Lipinski definition) is 2. The summed E-state index contributed by atoms with van der Waals surface area (Å²) in [6, 6.07) is 20.3. The molecule has 0 unspecified atom stereocenters. The number of carbonyl (C=O) groups excluding carboxylic acids is 2. The van der Waals surface area contributed by atoms with Crippen molar-refractivity contribution in [2.75, 3.05) is 20.1 Å². The maximum atomic E-state index is 13.3. The molecule has 0 bridgehead atoms. The summed E-state index contributed by atoms with van der Waals surface area (Å²) in [5.74, 6) is 0.120. The van der Waals surface area contributed by atoms with E-state index in [1.807, 2.05) is 36.4 Å². The molecule has 1 atom stereocenters. The highest BCUT2D eigenvalue weighted by Crippen LogP contribution is 2.37. The standard InChI is InChI=1S/C27H32N4O2/c1-19(2)23-16-24(30-29-23)25(32)31-15-9-14-27(18-31,26(33)28-3)17-21-12-7-8-13-22(21)20-10-5-4-6-11-20/h4-8,10-13,16,19H,9,14-15,17-18H2,1-3H3,(H,28,33)(H,29,30)/t27-/m1/s1. The number of amides is 2. The predicted octanol–water partition coefficient (Wildman–Crippen LogP) is 4.41. The summed E-state index contributed by atoms with van der Waals surface area (Å²) in [5, 5.41) is 10.1. The molecule has 2 heterocycles. The van der Waals surface area contributed by atoms with Gasteiger partial charge in [-0.05, 0) is 47.9 Å². The average molecular weight is 445 g/mol.